The molecule has 0 aliphatic heterocycles. The van der Waals surface area contributed by atoms with E-state index in [2.05, 4.69) is 11.4 Å². The molecule has 0 bridgehead atoms. The number of carbonyl (C=O) groups excluding carboxylic acids is 1. The summed E-state index contributed by atoms with van der Waals surface area (Å²) < 4.78 is 0. The highest BCUT2D eigenvalue weighted by atomic mass is 32.2. The molecule has 4 aromatic rings. The van der Waals surface area contributed by atoms with Gasteiger partial charge in [0.1, 0.15) is 11.1 Å². The molecule has 1 N–H and O–H groups in total. The molecule has 0 atom stereocenters. The minimum Gasteiger partial charge on any atom is -0.325 e. The first-order valence-corrected chi connectivity index (χ1v) is 12.0. The van der Waals surface area contributed by atoms with Crippen molar-refractivity contribution in [2.75, 3.05) is 11.1 Å². The van der Waals surface area contributed by atoms with E-state index in [4.69, 9.17) is 4.98 Å². The number of aryl methyl sites for hydroxylation is 3. The average Bonchev–Trinajstić information content (AvgIpc) is 2.85. The molecule has 1 amide bonds. The van der Waals surface area contributed by atoms with E-state index in [0.717, 1.165) is 33.6 Å². The van der Waals surface area contributed by atoms with Crippen LogP contribution in [0.4, 0.5) is 5.69 Å². The molecule has 0 saturated heterocycles. The molecule has 0 fully saturated rings. The van der Waals surface area contributed by atoms with Crippen LogP contribution >= 0.6 is 11.8 Å². The number of nitrogens with one attached hydrogen (secondary N) is 1. The van der Waals surface area contributed by atoms with Crippen molar-refractivity contribution in [2.24, 2.45) is 0 Å². The van der Waals surface area contributed by atoms with Gasteiger partial charge >= 0.3 is 0 Å². The number of hydrogen-bond acceptors (Lipinski definition) is 4. The fourth-order valence-electron chi connectivity index (χ4n) is 3.60. The Morgan fingerprint density at radius 2 is 1.65 bits per heavy atom. The quantitative estimate of drug-likeness (QED) is 0.314. The number of hydrogen-bond donors (Lipinski definition) is 1. The number of nitriles is 1. The summed E-state index contributed by atoms with van der Waals surface area (Å²) in [5.41, 5.74) is 8.20. The van der Waals surface area contributed by atoms with Gasteiger partial charge in [0.05, 0.1) is 17.0 Å². The Balaban J connectivity index is 1.66. The van der Waals surface area contributed by atoms with E-state index in [1.165, 1.54) is 22.9 Å². The highest BCUT2D eigenvalue weighted by Gasteiger charge is 2.17. The minimum absolute atomic E-state index is 0.138. The number of amides is 1. The smallest absolute Gasteiger partial charge is 0.234 e. The molecular formula is C29H25N3OS. The van der Waals surface area contributed by atoms with Crippen molar-refractivity contribution in [3.05, 3.63) is 101 Å². The van der Waals surface area contributed by atoms with Gasteiger partial charge in [0.15, 0.2) is 0 Å². The lowest BCUT2D eigenvalue weighted by atomic mass is 9.99. The number of benzene rings is 3. The van der Waals surface area contributed by atoms with Crippen molar-refractivity contribution in [3.63, 3.8) is 0 Å². The van der Waals surface area contributed by atoms with Crippen molar-refractivity contribution in [1.29, 1.82) is 5.26 Å². The predicted molar refractivity (Wildman–Crippen MR) is 140 cm³/mol. The van der Waals surface area contributed by atoms with Crippen molar-refractivity contribution >= 4 is 23.4 Å². The maximum atomic E-state index is 12.7. The van der Waals surface area contributed by atoms with Gasteiger partial charge in [-0.2, -0.15) is 5.26 Å². The maximum Gasteiger partial charge on any atom is 0.234 e. The summed E-state index contributed by atoms with van der Waals surface area (Å²) in [5, 5.41) is 13.5. The summed E-state index contributed by atoms with van der Waals surface area (Å²) >= 11 is 1.28. The molecule has 0 radical (unpaired) electrons. The van der Waals surface area contributed by atoms with Crippen LogP contribution in [0, 0.1) is 32.1 Å². The number of pyridine rings is 1. The fourth-order valence-corrected chi connectivity index (χ4v) is 4.40. The van der Waals surface area contributed by atoms with E-state index in [9.17, 15) is 10.1 Å². The first-order valence-electron chi connectivity index (χ1n) is 11.0. The molecule has 34 heavy (non-hydrogen) atoms. The summed E-state index contributed by atoms with van der Waals surface area (Å²) in [6.45, 7) is 6.10. The molecule has 0 saturated carbocycles. The van der Waals surface area contributed by atoms with Crippen LogP contribution in [0.25, 0.3) is 22.4 Å². The Morgan fingerprint density at radius 3 is 2.32 bits per heavy atom. The van der Waals surface area contributed by atoms with Crippen LogP contribution in [0.15, 0.2) is 83.9 Å². The van der Waals surface area contributed by atoms with Crippen LogP contribution in [0.5, 0.6) is 0 Å². The average molecular weight is 464 g/mol. The molecule has 0 spiro atoms. The third-order valence-electron chi connectivity index (χ3n) is 5.66. The summed E-state index contributed by atoms with van der Waals surface area (Å²) in [6, 6.07) is 28.1. The topological polar surface area (TPSA) is 65.8 Å². The highest BCUT2D eigenvalue weighted by Crippen LogP contribution is 2.34. The first-order chi connectivity index (χ1) is 16.4. The fraction of sp³-hybridized carbons (Fsp3) is 0.138. The number of aromatic nitrogens is 1. The largest absolute Gasteiger partial charge is 0.325 e. The van der Waals surface area contributed by atoms with Gasteiger partial charge in [-0.15, -0.1) is 0 Å². The van der Waals surface area contributed by atoms with Gasteiger partial charge in [0.2, 0.25) is 5.91 Å². The van der Waals surface area contributed by atoms with Gasteiger partial charge in [0.25, 0.3) is 0 Å². The van der Waals surface area contributed by atoms with E-state index in [1.54, 1.807) is 0 Å². The SMILES string of the molecule is Cc1ccc(-c2cc(-c3ccccc3)c(C#N)c(SCC(=O)Nc3ccc(C)c(C)c3)n2)cc1. The van der Waals surface area contributed by atoms with Crippen molar-refractivity contribution in [2.45, 2.75) is 25.8 Å². The van der Waals surface area contributed by atoms with E-state index in [-0.39, 0.29) is 11.7 Å². The second-order valence-corrected chi connectivity index (χ2v) is 9.18. The Morgan fingerprint density at radius 1 is 0.912 bits per heavy atom. The van der Waals surface area contributed by atoms with E-state index in [1.807, 2.05) is 99.6 Å². The van der Waals surface area contributed by atoms with Crippen LogP contribution in [0.3, 0.4) is 0 Å². The Hall–Kier alpha value is -3.88. The number of anilines is 1. The van der Waals surface area contributed by atoms with Crippen molar-refractivity contribution in [3.8, 4) is 28.5 Å². The number of rotatable bonds is 6. The Bertz CT molecular complexity index is 1370. The Kier molecular flexibility index (Phi) is 7.10. The van der Waals surface area contributed by atoms with Crippen LogP contribution in [-0.2, 0) is 4.79 Å². The maximum absolute atomic E-state index is 12.7. The van der Waals surface area contributed by atoms with E-state index >= 15 is 0 Å². The second kappa shape index (κ2) is 10.4. The lowest BCUT2D eigenvalue weighted by molar-refractivity contribution is -0.113. The summed E-state index contributed by atoms with van der Waals surface area (Å²) in [5.74, 6) is 0.0149. The van der Waals surface area contributed by atoms with E-state index < -0.39 is 0 Å². The lowest BCUT2D eigenvalue weighted by Crippen LogP contribution is -2.14. The standard InChI is InChI=1S/C29H25N3OS/c1-19-9-12-23(13-10-19)27-16-25(22-7-5-4-6-8-22)26(17-30)29(32-27)34-18-28(33)31-24-14-11-20(2)21(3)15-24/h4-16H,18H2,1-3H3,(H,31,33). The number of nitrogens with zero attached hydrogens (tertiary/aromatic N) is 2. The lowest BCUT2D eigenvalue weighted by Gasteiger charge is -2.13. The van der Waals surface area contributed by atoms with Crippen LogP contribution in [0.1, 0.15) is 22.3 Å². The molecule has 0 aliphatic rings. The molecular weight excluding hydrogens is 438 g/mol. The molecule has 5 heteroatoms. The van der Waals surface area contributed by atoms with Gasteiger partial charge in [0, 0.05) is 16.8 Å². The van der Waals surface area contributed by atoms with Gasteiger partial charge in [-0.1, -0.05) is 78.0 Å². The molecule has 4 nitrogen and oxygen atoms in total. The molecule has 0 aliphatic carbocycles. The van der Waals surface area contributed by atoms with Crippen molar-refractivity contribution < 1.29 is 4.79 Å². The van der Waals surface area contributed by atoms with Crippen LogP contribution in [-0.4, -0.2) is 16.6 Å². The predicted octanol–water partition coefficient (Wildman–Crippen LogP) is 6.94. The van der Waals surface area contributed by atoms with Crippen LogP contribution in [0.2, 0.25) is 0 Å². The molecule has 1 aromatic heterocycles. The zero-order valence-corrected chi connectivity index (χ0v) is 20.2. The third-order valence-corrected chi connectivity index (χ3v) is 6.64. The molecule has 0 unspecified atom stereocenters. The Labute approximate surface area is 204 Å². The van der Waals surface area contributed by atoms with Gasteiger partial charge in [-0.3, -0.25) is 4.79 Å². The summed E-state index contributed by atoms with van der Waals surface area (Å²) in [4.78, 5) is 17.5. The monoisotopic (exact) mass is 463 g/mol. The third kappa shape index (κ3) is 5.36. The van der Waals surface area contributed by atoms with E-state index in [0.29, 0.717) is 10.6 Å². The summed E-state index contributed by atoms with van der Waals surface area (Å²) in [7, 11) is 0. The molecule has 168 valence electrons. The molecule has 4 rings (SSSR count). The second-order valence-electron chi connectivity index (χ2n) is 8.21. The number of carbonyl (C=O) groups is 1. The molecule has 3 aromatic carbocycles. The molecule has 1 heterocycles. The first kappa shape index (κ1) is 23.3. The van der Waals surface area contributed by atoms with Gasteiger partial charge < -0.3 is 5.32 Å². The summed E-state index contributed by atoms with van der Waals surface area (Å²) in [6.07, 6.45) is 0. The van der Waals surface area contributed by atoms with Gasteiger partial charge in [-0.25, -0.2) is 4.98 Å². The normalized spacial score (nSPS) is 10.5. The zero-order valence-electron chi connectivity index (χ0n) is 19.4. The van der Waals surface area contributed by atoms with Crippen molar-refractivity contribution in [1.82, 2.24) is 4.98 Å². The van der Waals surface area contributed by atoms with Crippen LogP contribution < -0.4 is 5.32 Å². The zero-order chi connectivity index (χ0) is 24.1. The minimum atomic E-state index is -0.138. The van der Waals surface area contributed by atoms with Gasteiger partial charge in [-0.05, 0) is 55.7 Å². The highest BCUT2D eigenvalue weighted by molar-refractivity contribution is 8.00. The number of thioether (sulfide) groups is 1.